The third kappa shape index (κ3) is 7.28. The molecule has 0 fully saturated rings. The molecule has 1 rings (SSSR count). The predicted octanol–water partition coefficient (Wildman–Crippen LogP) is 3.47. The van der Waals surface area contributed by atoms with Crippen molar-refractivity contribution in [3.05, 3.63) is 28.8 Å². The molecule has 1 aromatic rings. The summed E-state index contributed by atoms with van der Waals surface area (Å²) in [5.41, 5.74) is 2.58. The fourth-order valence-electron chi connectivity index (χ4n) is 2.03. The summed E-state index contributed by atoms with van der Waals surface area (Å²) >= 11 is -0.0294. The normalized spacial score (nSPS) is 11.3. The van der Waals surface area contributed by atoms with Gasteiger partial charge in [0.15, 0.2) is 0 Å². The Morgan fingerprint density at radius 2 is 2.00 bits per heavy atom. The molecule has 23 heavy (non-hydrogen) atoms. The van der Waals surface area contributed by atoms with Crippen molar-refractivity contribution in [2.75, 3.05) is 20.5 Å². The van der Waals surface area contributed by atoms with E-state index in [9.17, 15) is 4.79 Å². The third-order valence-electron chi connectivity index (χ3n) is 3.20. The van der Waals surface area contributed by atoms with Gasteiger partial charge in [-0.25, -0.2) is 0 Å². The van der Waals surface area contributed by atoms with Gasteiger partial charge in [0.05, 0.1) is 0 Å². The van der Waals surface area contributed by atoms with Crippen LogP contribution in [0.5, 0.6) is 5.75 Å². The van der Waals surface area contributed by atoms with E-state index in [1.807, 2.05) is 19.1 Å². The SMILES string of the molecule is COCOc1cc(C)cc(C[SeH]=P)c1C(=O)OCC[Si](C)(C)C. The summed E-state index contributed by atoms with van der Waals surface area (Å²) in [5.74, 6) is 0.242. The van der Waals surface area contributed by atoms with Crippen molar-refractivity contribution >= 4 is 35.6 Å². The second kappa shape index (κ2) is 9.70. The molecule has 0 heterocycles. The molecule has 0 N–H and O–H groups in total. The van der Waals surface area contributed by atoms with Gasteiger partial charge in [-0.3, -0.25) is 0 Å². The number of methoxy groups -OCH3 is 1. The summed E-state index contributed by atoms with van der Waals surface area (Å²) in [6.45, 7) is 9.36. The van der Waals surface area contributed by atoms with Gasteiger partial charge in [0, 0.05) is 0 Å². The third-order valence-corrected chi connectivity index (χ3v) is 6.77. The van der Waals surface area contributed by atoms with Crippen molar-refractivity contribution in [3.8, 4) is 5.75 Å². The Morgan fingerprint density at radius 3 is 2.57 bits per heavy atom. The van der Waals surface area contributed by atoms with Crippen LogP contribution in [0.2, 0.25) is 25.7 Å². The predicted molar refractivity (Wildman–Crippen MR) is 101 cm³/mol. The molecule has 0 bridgehead atoms. The van der Waals surface area contributed by atoms with Crippen molar-refractivity contribution in [1.29, 1.82) is 0 Å². The van der Waals surface area contributed by atoms with Gasteiger partial charge in [-0.2, -0.15) is 0 Å². The Labute approximate surface area is 147 Å². The first-order chi connectivity index (χ1) is 10.8. The first-order valence-corrected chi connectivity index (χ1v) is 15.8. The van der Waals surface area contributed by atoms with Gasteiger partial charge < -0.3 is 0 Å². The molecule has 0 aliphatic heterocycles. The number of esters is 1. The second-order valence-electron chi connectivity index (χ2n) is 6.61. The van der Waals surface area contributed by atoms with Crippen molar-refractivity contribution in [1.82, 2.24) is 0 Å². The number of rotatable bonds is 9. The average molecular weight is 421 g/mol. The molecule has 0 saturated heterocycles. The van der Waals surface area contributed by atoms with Crippen molar-refractivity contribution in [2.24, 2.45) is 0 Å². The van der Waals surface area contributed by atoms with E-state index in [0.717, 1.165) is 22.5 Å². The Morgan fingerprint density at radius 1 is 1.30 bits per heavy atom. The second-order valence-corrected chi connectivity index (χ2v) is 15.2. The zero-order valence-corrected chi connectivity index (χ0v) is 18.4. The molecule has 1 aromatic carbocycles. The van der Waals surface area contributed by atoms with Crippen LogP contribution in [0.3, 0.4) is 0 Å². The summed E-state index contributed by atoms with van der Waals surface area (Å²) in [6, 6.07) is 4.85. The summed E-state index contributed by atoms with van der Waals surface area (Å²) in [5, 5.41) is 0.830. The first kappa shape index (κ1) is 20.5. The molecular weight excluding hydrogens is 394 g/mol. The zero-order chi connectivity index (χ0) is 17.5. The maximum atomic E-state index is 12.6. The van der Waals surface area contributed by atoms with Gasteiger partial charge >= 0.3 is 148 Å². The number of hydrogen-bond donors (Lipinski definition) is 0. The Bertz CT molecular complexity index is 558. The number of ether oxygens (including phenoxy) is 3. The van der Waals surface area contributed by atoms with Crippen LogP contribution < -0.4 is 4.74 Å². The molecule has 130 valence electrons. The molecule has 0 aromatic heterocycles. The van der Waals surface area contributed by atoms with Gasteiger partial charge in [-0.15, -0.1) is 0 Å². The molecule has 0 radical (unpaired) electrons. The van der Waals surface area contributed by atoms with Gasteiger partial charge in [0.1, 0.15) is 0 Å². The van der Waals surface area contributed by atoms with E-state index in [1.165, 1.54) is 0 Å². The number of carbonyl (C=O) groups excluding carboxylic acids is 1. The fourth-order valence-corrected chi connectivity index (χ4v) is 4.51. The number of carbonyl (C=O) groups is 1. The quantitative estimate of drug-likeness (QED) is 0.265. The van der Waals surface area contributed by atoms with Gasteiger partial charge in [0.2, 0.25) is 0 Å². The van der Waals surface area contributed by atoms with Crippen LogP contribution in [0.4, 0.5) is 0 Å². The van der Waals surface area contributed by atoms with E-state index < -0.39 is 8.07 Å². The average Bonchev–Trinajstić information content (AvgIpc) is 2.43. The van der Waals surface area contributed by atoms with Crippen molar-refractivity contribution in [3.63, 3.8) is 0 Å². The number of hydrogen-bond acceptors (Lipinski definition) is 4. The molecule has 4 nitrogen and oxygen atoms in total. The Balaban J connectivity index is 3.03. The molecule has 0 saturated carbocycles. The minimum absolute atomic E-state index is 0.0294. The standard InChI is InChI=1S/C16H27O4PSeSi/c1-12-8-13(10-22-21)15(14(9-12)20-11-18-2)16(17)19-6-7-23(3,4)5/h8-9,21-22H,6-7,10-11H2,1-5H3. The molecule has 0 aliphatic carbocycles. The van der Waals surface area contributed by atoms with Crippen LogP contribution >= 0.6 is 7.49 Å². The molecule has 0 atom stereocenters. The first-order valence-electron chi connectivity index (χ1n) is 7.54. The maximum absolute atomic E-state index is 12.6. The van der Waals surface area contributed by atoms with E-state index in [0.29, 0.717) is 17.9 Å². The molecule has 7 heteroatoms. The van der Waals surface area contributed by atoms with Gasteiger partial charge in [-0.05, 0) is 0 Å². The van der Waals surface area contributed by atoms with Gasteiger partial charge in [0.25, 0.3) is 0 Å². The van der Waals surface area contributed by atoms with Crippen LogP contribution in [-0.4, -0.2) is 48.6 Å². The molecule has 0 aliphatic rings. The topological polar surface area (TPSA) is 44.8 Å². The molecule has 0 unspecified atom stereocenters. The summed E-state index contributed by atoms with van der Waals surface area (Å²) in [6.07, 6.45) is 0. The summed E-state index contributed by atoms with van der Waals surface area (Å²) in [7, 11) is 3.91. The summed E-state index contributed by atoms with van der Waals surface area (Å²) in [4.78, 5) is 12.6. The van der Waals surface area contributed by atoms with Crippen LogP contribution in [0, 0.1) is 6.92 Å². The van der Waals surface area contributed by atoms with Gasteiger partial charge in [-0.1, -0.05) is 0 Å². The zero-order valence-electron chi connectivity index (χ0n) is 14.6. The van der Waals surface area contributed by atoms with E-state index >= 15 is 0 Å². The van der Waals surface area contributed by atoms with E-state index in [4.69, 9.17) is 14.2 Å². The van der Waals surface area contributed by atoms with E-state index in [1.54, 1.807) is 7.11 Å². The van der Waals surface area contributed by atoms with Crippen molar-refractivity contribution < 1.29 is 19.0 Å². The van der Waals surface area contributed by atoms with Crippen LogP contribution in [0.15, 0.2) is 12.1 Å². The van der Waals surface area contributed by atoms with E-state index in [-0.39, 0.29) is 26.8 Å². The van der Waals surface area contributed by atoms with Crippen LogP contribution in [0.1, 0.15) is 21.5 Å². The van der Waals surface area contributed by atoms with E-state index in [2.05, 4.69) is 27.1 Å². The van der Waals surface area contributed by atoms with Crippen LogP contribution in [0.25, 0.3) is 0 Å². The van der Waals surface area contributed by atoms with Crippen molar-refractivity contribution in [2.45, 2.75) is 37.9 Å². The number of aryl methyl sites for hydroxylation is 1. The fraction of sp³-hybridized carbons (Fsp3) is 0.562. The number of benzene rings is 1. The Kier molecular flexibility index (Phi) is 8.66. The molecule has 0 spiro atoms. The van der Waals surface area contributed by atoms with Crippen LogP contribution in [-0.2, 0) is 14.8 Å². The Hall–Kier alpha value is -0.514. The molecule has 0 amide bonds. The summed E-state index contributed by atoms with van der Waals surface area (Å²) < 4.78 is 16.1. The monoisotopic (exact) mass is 422 g/mol. The minimum atomic E-state index is -1.23. The molecular formula is C16H27O4PSeSi.